The molecule has 0 radical (unpaired) electrons. The van der Waals surface area contributed by atoms with Gasteiger partial charge in [0.2, 0.25) is 0 Å². The lowest BCUT2D eigenvalue weighted by atomic mass is 11.0. The molecule has 0 bridgehead atoms. The molecule has 0 saturated carbocycles. The van der Waals surface area contributed by atoms with E-state index in [4.69, 9.17) is 17.3 Å². The van der Waals surface area contributed by atoms with Crippen LogP contribution in [0.2, 0.25) is 5.15 Å². The summed E-state index contributed by atoms with van der Waals surface area (Å²) < 4.78 is 0.789. The van der Waals surface area contributed by atoms with Crippen LogP contribution in [0.1, 0.15) is 13.8 Å². The number of nitrogen functional groups attached to an aromatic ring is 1. The molecule has 1 rings (SSSR count). The third-order valence-corrected chi connectivity index (χ3v) is 2.71. The van der Waals surface area contributed by atoms with Crippen molar-refractivity contribution in [2.24, 2.45) is 0 Å². The van der Waals surface area contributed by atoms with E-state index in [0.29, 0.717) is 10.3 Å². The summed E-state index contributed by atoms with van der Waals surface area (Å²) in [6, 6.07) is 0. The molecule has 0 saturated heterocycles. The summed E-state index contributed by atoms with van der Waals surface area (Å²) in [6.45, 7) is 4.00. The van der Waals surface area contributed by atoms with E-state index in [1.165, 1.54) is 11.3 Å². The highest BCUT2D eigenvalue weighted by atomic mass is 79.9. The molecule has 5 heteroatoms. The van der Waals surface area contributed by atoms with Crippen LogP contribution in [0.5, 0.6) is 0 Å². The van der Waals surface area contributed by atoms with Gasteiger partial charge in [-0.05, 0) is 15.9 Å². The van der Waals surface area contributed by atoms with Gasteiger partial charge in [0.15, 0.2) is 10.3 Å². The Bertz CT molecular complexity index is 182. The van der Waals surface area contributed by atoms with E-state index in [9.17, 15) is 0 Å². The minimum atomic E-state index is 0.438. The summed E-state index contributed by atoms with van der Waals surface area (Å²) in [4.78, 5) is 3.73. The Morgan fingerprint density at radius 3 is 2.20 bits per heavy atom. The van der Waals surface area contributed by atoms with Crippen LogP contribution in [0.25, 0.3) is 0 Å². The highest BCUT2D eigenvalue weighted by Crippen LogP contribution is 2.29. The number of thiazole rings is 1. The van der Waals surface area contributed by atoms with Crippen molar-refractivity contribution in [3.05, 3.63) is 8.94 Å². The van der Waals surface area contributed by atoms with E-state index in [0.717, 1.165) is 3.79 Å². The van der Waals surface area contributed by atoms with E-state index in [1.807, 2.05) is 13.8 Å². The normalized spacial score (nSPS) is 8.40. The summed E-state index contributed by atoms with van der Waals surface area (Å²) in [6.07, 6.45) is 0. The molecule has 1 aromatic heterocycles. The number of hydrogen-bond acceptors (Lipinski definition) is 3. The summed E-state index contributed by atoms with van der Waals surface area (Å²) in [5, 5.41) is 0.925. The second-order valence-electron chi connectivity index (χ2n) is 1.12. The fourth-order valence-corrected chi connectivity index (χ4v) is 1.59. The lowest BCUT2D eigenvalue weighted by Gasteiger charge is -1.71. The number of anilines is 1. The fourth-order valence-electron chi connectivity index (χ4n) is 0.297. The number of nitrogens with two attached hydrogens (primary N) is 1. The molecule has 58 valence electrons. The van der Waals surface area contributed by atoms with Crippen LogP contribution in [0, 0.1) is 0 Å². The molecule has 0 amide bonds. The zero-order chi connectivity index (χ0) is 8.15. The van der Waals surface area contributed by atoms with Crippen LogP contribution >= 0.6 is 38.9 Å². The van der Waals surface area contributed by atoms with Crippen LogP contribution < -0.4 is 5.73 Å². The molecular formula is C5H8BrClN2S. The van der Waals surface area contributed by atoms with Crippen LogP contribution in [0.3, 0.4) is 0 Å². The average Bonchev–Trinajstić information content (AvgIpc) is 2.16. The molecule has 2 nitrogen and oxygen atoms in total. The average molecular weight is 244 g/mol. The smallest absolute Gasteiger partial charge is 0.182 e. The Hall–Kier alpha value is 0.200. The standard InChI is InChI=1S/C3H2BrClN2S.C2H6/c4-1-2(5)7-3(6)8-1;1-2/h(H2,6,7);1-2H3. The molecule has 0 aromatic carbocycles. The van der Waals surface area contributed by atoms with Crippen molar-refractivity contribution >= 4 is 44.0 Å². The largest absolute Gasteiger partial charge is 0.375 e. The number of halogens is 2. The second-order valence-corrected chi connectivity index (χ2v) is 3.82. The Balaban J connectivity index is 0.000000371. The maximum absolute atomic E-state index is 5.50. The summed E-state index contributed by atoms with van der Waals surface area (Å²) >= 11 is 9.98. The van der Waals surface area contributed by atoms with Gasteiger partial charge in [-0.25, -0.2) is 4.98 Å². The molecule has 0 aliphatic heterocycles. The van der Waals surface area contributed by atoms with E-state index in [-0.39, 0.29) is 0 Å². The Morgan fingerprint density at radius 2 is 2.10 bits per heavy atom. The summed E-state index contributed by atoms with van der Waals surface area (Å²) in [7, 11) is 0. The summed E-state index contributed by atoms with van der Waals surface area (Å²) in [5.41, 5.74) is 5.27. The van der Waals surface area contributed by atoms with Crippen molar-refractivity contribution in [3.8, 4) is 0 Å². The van der Waals surface area contributed by atoms with Crippen molar-refractivity contribution in [1.82, 2.24) is 4.98 Å². The van der Waals surface area contributed by atoms with E-state index < -0.39 is 0 Å². The predicted octanol–water partition coefficient (Wildman–Crippen LogP) is 3.17. The van der Waals surface area contributed by atoms with Crippen LogP contribution in [0.4, 0.5) is 5.13 Å². The lowest BCUT2D eigenvalue weighted by molar-refractivity contribution is 1.42. The zero-order valence-corrected chi connectivity index (χ0v) is 8.85. The topological polar surface area (TPSA) is 38.9 Å². The number of aromatic nitrogens is 1. The van der Waals surface area contributed by atoms with Gasteiger partial charge in [-0.15, -0.1) is 0 Å². The molecule has 0 spiro atoms. The van der Waals surface area contributed by atoms with Gasteiger partial charge in [-0.3, -0.25) is 0 Å². The monoisotopic (exact) mass is 242 g/mol. The van der Waals surface area contributed by atoms with Crippen molar-refractivity contribution in [1.29, 1.82) is 0 Å². The van der Waals surface area contributed by atoms with Gasteiger partial charge in [0.1, 0.15) is 3.79 Å². The molecule has 10 heavy (non-hydrogen) atoms. The van der Waals surface area contributed by atoms with Gasteiger partial charge >= 0.3 is 0 Å². The Morgan fingerprint density at radius 1 is 1.60 bits per heavy atom. The molecule has 0 fully saturated rings. The van der Waals surface area contributed by atoms with Gasteiger partial charge in [0.25, 0.3) is 0 Å². The van der Waals surface area contributed by atoms with Gasteiger partial charge in [0, 0.05) is 0 Å². The third-order valence-electron chi connectivity index (χ3n) is 0.565. The fraction of sp³-hybridized carbons (Fsp3) is 0.400. The van der Waals surface area contributed by atoms with Gasteiger partial charge in [-0.1, -0.05) is 36.8 Å². The molecule has 1 aromatic rings. The van der Waals surface area contributed by atoms with Gasteiger partial charge < -0.3 is 5.73 Å². The molecule has 0 aliphatic carbocycles. The zero-order valence-electron chi connectivity index (χ0n) is 5.69. The highest BCUT2D eigenvalue weighted by Gasteiger charge is 2.00. The van der Waals surface area contributed by atoms with Crippen molar-refractivity contribution < 1.29 is 0 Å². The first-order valence-corrected chi connectivity index (χ1v) is 4.76. The minimum Gasteiger partial charge on any atom is -0.375 e. The second kappa shape index (κ2) is 4.93. The predicted molar refractivity (Wildman–Crippen MR) is 50.6 cm³/mol. The number of hydrogen-bond donors (Lipinski definition) is 1. The molecule has 1 heterocycles. The third kappa shape index (κ3) is 2.86. The maximum Gasteiger partial charge on any atom is 0.182 e. The van der Waals surface area contributed by atoms with E-state index in [1.54, 1.807) is 0 Å². The SMILES string of the molecule is CC.Nc1nc(Cl)c(Br)s1. The van der Waals surface area contributed by atoms with Gasteiger partial charge in [-0.2, -0.15) is 0 Å². The first-order valence-electron chi connectivity index (χ1n) is 2.77. The van der Waals surface area contributed by atoms with Crippen LogP contribution in [-0.4, -0.2) is 4.98 Å². The maximum atomic E-state index is 5.50. The Labute approximate surface area is 77.5 Å². The molecule has 2 N–H and O–H groups in total. The number of nitrogens with zero attached hydrogens (tertiary/aromatic N) is 1. The van der Waals surface area contributed by atoms with Crippen molar-refractivity contribution in [3.63, 3.8) is 0 Å². The van der Waals surface area contributed by atoms with E-state index >= 15 is 0 Å². The van der Waals surface area contributed by atoms with Crippen LogP contribution in [-0.2, 0) is 0 Å². The quantitative estimate of drug-likeness (QED) is 0.760. The van der Waals surface area contributed by atoms with Crippen molar-refractivity contribution in [2.75, 3.05) is 5.73 Å². The van der Waals surface area contributed by atoms with Crippen molar-refractivity contribution in [2.45, 2.75) is 13.8 Å². The van der Waals surface area contributed by atoms with Crippen LogP contribution in [0.15, 0.2) is 3.79 Å². The minimum absolute atomic E-state index is 0.438. The highest BCUT2D eigenvalue weighted by molar-refractivity contribution is 9.11. The molecule has 0 unspecified atom stereocenters. The Kier molecular flexibility index (Phi) is 5.03. The lowest BCUT2D eigenvalue weighted by Crippen LogP contribution is -1.78. The van der Waals surface area contributed by atoms with Gasteiger partial charge in [0.05, 0.1) is 0 Å². The molecule has 0 atom stereocenters. The molecular weight excluding hydrogens is 235 g/mol. The first kappa shape index (κ1) is 10.2. The summed E-state index contributed by atoms with van der Waals surface area (Å²) in [5.74, 6) is 0. The number of rotatable bonds is 0. The molecule has 0 aliphatic rings. The first-order chi connectivity index (χ1) is 4.70. The van der Waals surface area contributed by atoms with E-state index in [2.05, 4.69) is 20.9 Å².